The molecule has 2 atom stereocenters. The van der Waals surface area contributed by atoms with Gasteiger partial charge in [0.2, 0.25) is 0 Å². The Labute approximate surface area is 243 Å². The third-order valence-corrected chi connectivity index (χ3v) is 14.9. The molecule has 3 rings (SSSR count). The fraction of sp³-hybridized carbons (Fsp3) is 0.636. The monoisotopic (exact) mass is 569 g/mol. The van der Waals surface area contributed by atoms with Crippen molar-refractivity contribution >= 4 is 20.4 Å². The summed E-state index contributed by atoms with van der Waals surface area (Å²) in [5.41, 5.74) is 2.11. The predicted octanol–water partition coefficient (Wildman–Crippen LogP) is 9.00. The molecule has 1 spiro atoms. The normalized spacial score (nSPS) is 22.4. The van der Waals surface area contributed by atoms with Crippen LogP contribution in [0.4, 0.5) is 4.79 Å². The summed E-state index contributed by atoms with van der Waals surface area (Å²) in [4.78, 5) is 28.4. The Balaban J connectivity index is 2.09. The highest BCUT2D eigenvalue weighted by atomic mass is 28.4. The second kappa shape index (κ2) is 12.1. The lowest BCUT2D eigenvalue weighted by atomic mass is 9.64. The van der Waals surface area contributed by atoms with Gasteiger partial charge >= 0.3 is 12.1 Å². The molecule has 1 saturated heterocycles. The van der Waals surface area contributed by atoms with Gasteiger partial charge in [-0.15, -0.1) is 0 Å². The fourth-order valence-electron chi connectivity index (χ4n) is 7.05. The lowest BCUT2D eigenvalue weighted by Gasteiger charge is -2.52. The molecular formula is C33H51NO5Si. The van der Waals surface area contributed by atoms with Gasteiger partial charge in [-0.1, -0.05) is 66.3 Å². The Bertz CT molecular complexity index is 1100. The van der Waals surface area contributed by atoms with Gasteiger partial charge in [-0.05, 0) is 75.7 Å². The van der Waals surface area contributed by atoms with Crippen molar-refractivity contribution in [3.05, 3.63) is 59.5 Å². The highest BCUT2D eigenvalue weighted by Gasteiger charge is 2.54. The van der Waals surface area contributed by atoms with Gasteiger partial charge in [-0.25, -0.2) is 9.59 Å². The van der Waals surface area contributed by atoms with Crippen LogP contribution in [0.2, 0.25) is 16.6 Å². The quantitative estimate of drug-likeness (QED) is 0.242. The molecule has 0 bridgehead atoms. The smallest absolute Gasteiger partial charge is 0.414 e. The summed E-state index contributed by atoms with van der Waals surface area (Å²) in [6.45, 7) is 26.3. The number of likely N-dealkylation sites (tertiary alicyclic amines) is 1. The molecule has 1 aliphatic carbocycles. The maximum absolute atomic E-state index is 13.5. The molecule has 0 radical (unpaired) electrons. The van der Waals surface area contributed by atoms with Crippen LogP contribution in [0, 0.1) is 5.41 Å². The largest absolute Gasteiger partial charge is 0.546 e. The summed E-state index contributed by atoms with van der Waals surface area (Å²) in [5.74, 6) is 0.564. The van der Waals surface area contributed by atoms with Gasteiger partial charge in [-0.3, -0.25) is 4.90 Å². The van der Waals surface area contributed by atoms with Gasteiger partial charge in [0.15, 0.2) is 0 Å². The molecule has 1 aliphatic heterocycles. The van der Waals surface area contributed by atoms with Gasteiger partial charge in [0, 0.05) is 24.2 Å². The van der Waals surface area contributed by atoms with Crippen molar-refractivity contribution in [3.8, 4) is 0 Å². The molecule has 0 N–H and O–H groups in total. The van der Waals surface area contributed by atoms with Gasteiger partial charge in [0.25, 0.3) is 8.32 Å². The number of hydrogen-bond donors (Lipinski definition) is 0. The number of carbonyl (C=O) groups is 2. The number of nitrogens with zero attached hydrogens (tertiary/aromatic N) is 1. The van der Waals surface area contributed by atoms with Gasteiger partial charge in [-0.2, -0.15) is 0 Å². The highest BCUT2D eigenvalue weighted by Crippen LogP contribution is 2.54. The van der Waals surface area contributed by atoms with Crippen molar-refractivity contribution < 1.29 is 23.5 Å². The van der Waals surface area contributed by atoms with Crippen LogP contribution in [0.25, 0.3) is 0 Å². The summed E-state index contributed by atoms with van der Waals surface area (Å²) in [5, 5.41) is 0. The standard InChI is InChI=1S/C33H51NO5Si/c1-22(2)40(23(3)4,24(5)6)39-28-18-20-33(19-15-21-34(26(33)8)31(36)38-32(9,10)11)29(25(28)7)37-30(35)27-16-13-12-14-17-27/h12-14,16-17,22-24,29H,8,15,18-21H2,1-7,9-11H3/t29-,33+/m1/s1. The molecule has 222 valence electrons. The van der Waals surface area contributed by atoms with Crippen LogP contribution in [-0.2, 0) is 13.9 Å². The zero-order valence-corrected chi connectivity index (χ0v) is 27.4. The fourth-order valence-corrected chi connectivity index (χ4v) is 12.4. The van der Waals surface area contributed by atoms with Crippen molar-refractivity contribution in [2.75, 3.05) is 6.54 Å². The van der Waals surface area contributed by atoms with Gasteiger partial charge < -0.3 is 13.9 Å². The van der Waals surface area contributed by atoms with Crippen LogP contribution in [0.3, 0.4) is 0 Å². The molecule has 0 saturated carbocycles. The second-order valence-corrected chi connectivity index (χ2v) is 18.9. The Morgan fingerprint density at radius 1 is 1.00 bits per heavy atom. The molecule has 1 aromatic rings. The number of piperidine rings is 1. The summed E-state index contributed by atoms with van der Waals surface area (Å²) in [6, 6.07) is 9.09. The van der Waals surface area contributed by atoms with Crippen molar-refractivity contribution in [3.63, 3.8) is 0 Å². The van der Waals surface area contributed by atoms with E-state index < -0.39 is 31.5 Å². The lowest BCUT2D eigenvalue weighted by Crippen LogP contribution is -2.54. The Morgan fingerprint density at radius 2 is 1.57 bits per heavy atom. The third kappa shape index (κ3) is 6.19. The first-order valence-electron chi connectivity index (χ1n) is 14.9. The van der Waals surface area contributed by atoms with E-state index in [1.54, 1.807) is 17.0 Å². The lowest BCUT2D eigenvalue weighted by molar-refractivity contribution is -0.0296. The van der Waals surface area contributed by atoms with Crippen molar-refractivity contribution in [1.29, 1.82) is 0 Å². The summed E-state index contributed by atoms with van der Waals surface area (Å²) in [7, 11) is -2.23. The van der Waals surface area contributed by atoms with E-state index in [0.717, 1.165) is 24.2 Å². The molecule has 0 unspecified atom stereocenters. The molecule has 1 heterocycles. The minimum atomic E-state index is -2.23. The van der Waals surface area contributed by atoms with E-state index in [1.165, 1.54) is 0 Å². The average Bonchev–Trinajstić information content (AvgIpc) is 2.86. The summed E-state index contributed by atoms with van der Waals surface area (Å²) in [6.07, 6.45) is 1.93. The average molecular weight is 570 g/mol. The molecule has 7 heteroatoms. The molecule has 1 fully saturated rings. The first-order chi connectivity index (χ1) is 18.6. The van der Waals surface area contributed by atoms with Crippen molar-refractivity contribution in [1.82, 2.24) is 4.90 Å². The zero-order valence-electron chi connectivity index (χ0n) is 26.4. The highest BCUT2D eigenvalue weighted by molar-refractivity contribution is 6.77. The number of ether oxygens (including phenoxy) is 2. The summed E-state index contributed by atoms with van der Waals surface area (Å²) < 4.78 is 19.3. The molecule has 6 nitrogen and oxygen atoms in total. The number of hydrogen-bond acceptors (Lipinski definition) is 5. The minimum absolute atomic E-state index is 0.382. The van der Waals surface area contributed by atoms with Crippen molar-refractivity contribution in [2.45, 2.75) is 123 Å². The number of benzene rings is 1. The molecule has 2 aliphatic rings. The van der Waals surface area contributed by atoms with Crippen LogP contribution in [-0.4, -0.2) is 43.5 Å². The van der Waals surface area contributed by atoms with E-state index in [2.05, 4.69) is 48.1 Å². The summed E-state index contributed by atoms with van der Waals surface area (Å²) >= 11 is 0. The maximum Gasteiger partial charge on any atom is 0.414 e. The van der Waals surface area contributed by atoms with Crippen LogP contribution in [0.1, 0.15) is 105 Å². The van der Waals surface area contributed by atoms with Crippen LogP contribution >= 0.6 is 0 Å². The first kappa shape index (κ1) is 32.0. The van der Waals surface area contributed by atoms with E-state index in [4.69, 9.17) is 13.9 Å². The second-order valence-electron chi connectivity index (χ2n) is 13.5. The first-order valence-corrected chi connectivity index (χ1v) is 17.1. The Hall–Kier alpha value is -2.54. The molecule has 1 amide bonds. The molecule has 0 aromatic heterocycles. The molecule has 1 aromatic carbocycles. The SMILES string of the molecule is C=C1N(C(=O)OC(C)(C)C)CCC[C@]12CCC(O[Si](C(C)C)(C(C)C)C(C)C)=C(C)[C@H]2OC(=O)c1ccccc1. The van der Waals surface area contributed by atoms with E-state index >= 15 is 0 Å². The maximum atomic E-state index is 13.5. The van der Waals surface area contributed by atoms with Crippen LogP contribution < -0.4 is 0 Å². The predicted molar refractivity (Wildman–Crippen MR) is 163 cm³/mol. The molecular weight excluding hydrogens is 518 g/mol. The number of allylic oxidation sites excluding steroid dienone is 1. The van der Waals surface area contributed by atoms with Gasteiger partial charge in [0.1, 0.15) is 11.7 Å². The van der Waals surface area contributed by atoms with Crippen LogP contribution in [0.5, 0.6) is 0 Å². The number of carbonyl (C=O) groups excluding carboxylic acids is 2. The van der Waals surface area contributed by atoms with E-state index in [1.807, 2.05) is 45.9 Å². The van der Waals surface area contributed by atoms with E-state index in [9.17, 15) is 9.59 Å². The third-order valence-electron chi connectivity index (χ3n) is 8.89. The Morgan fingerprint density at radius 3 is 2.10 bits per heavy atom. The van der Waals surface area contributed by atoms with E-state index in [0.29, 0.717) is 47.3 Å². The Kier molecular flexibility index (Phi) is 9.70. The zero-order chi connectivity index (χ0) is 30.0. The number of rotatable bonds is 7. The van der Waals surface area contributed by atoms with Crippen molar-refractivity contribution in [2.24, 2.45) is 5.41 Å². The number of amides is 1. The topological polar surface area (TPSA) is 65.1 Å². The van der Waals surface area contributed by atoms with Gasteiger partial charge in [0.05, 0.1) is 16.7 Å². The minimum Gasteiger partial charge on any atom is -0.546 e. The molecule has 40 heavy (non-hydrogen) atoms. The van der Waals surface area contributed by atoms with E-state index in [-0.39, 0.29) is 5.97 Å². The number of esters is 1. The van der Waals surface area contributed by atoms with Crippen LogP contribution in [0.15, 0.2) is 53.9 Å².